The van der Waals surface area contributed by atoms with Gasteiger partial charge in [0.25, 0.3) is 0 Å². The van der Waals surface area contributed by atoms with Crippen LogP contribution in [0.1, 0.15) is 49.1 Å². The Morgan fingerprint density at radius 3 is 2.70 bits per heavy atom. The summed E-state index contributed by atoms with van der Waals surface area (Å²) in [5.41, 5.74) is 1.16. The largest absolute Gasteiger partial charge is 0.339 e. The number of nitrogens with zero attached hydrogens (tertiary/aromatic N) is 3. The molecule has 1 saturated carbocycles. The van der Waals surface area contributed by atoms with E-state index in [0.717, 1.165) is 23.4 Å². The molecule has 1 aromatic heterocycles. The average Bonchev–Trinajstić information content (AvgIpc) is 3.30. The highest BCUT2D eigenvalue weighted by Crippen LogP contribution is 2.29. The highest BCUT2D eigenvalue weighted by molar-refractivity contribution is 7.15. The quantitative estimate of drug-likeness (QED) is 0.859. The van der Waals surface area contributed by atoms with Crippen LogP contribution in [0.3, 0.4) is 0 Å². The summed E-state index contributed by atoms with van der Waals surface area (Å²) in [6.45, 7) is 0.533. The Hall–Kier alpha value is -2.28. The van der Waals surface area contributed by atoms with Crippen LogP contribution in [-0.2, 0) is 16.0 Å². The Balaban J connectivity index is 1.33. The van der Waals surface area contributed by atoms with Gasteiger partial charge in [0.15, 0.2) is 0 Å². The van der Waals surface area contributed by atoms with Gasteiger partial charge in [-0.1, -0.05) is 60.9 Å². The molecule has 142 valence electrons. The van der Waals surface area contributed by atoms with Gasteiger partial charge in [-0.05, 0) is 18.4 Å². The minimum absolute atomic E-state index is 0.115. The molecule has 1 aliphatic heterocycles. The fraction of sp³-hybridized carbons (Fsp3) is 0.500. The summed E-state index contributed by atoms with van der Waals surface area (Å²) in [6.07, 6.45) is 6.76. The van der Waals surface area contributed by atoms with Gasteiger partial charge in [0.2, 0.25) is 16.9 Å². The topological polar surface area (TPSA) is 75.2 Å². The normalized spacial score (nSPS) is 20.8. The van der Waals surface area contributed by atoms with E-state index in [1.165, 1.54) is 30.6 Å². The van der Waals surface area contributed by atoms with Crippen molar-refractivity contribution in [3.05, 3.63) is 40.9 Å². The van der Waals surface area contributed by atoms with Crippen molar-refractivity contribution in [2.75, 3.05) is 11.9 Å². The third-order valence-electron chi connectivity index (χ3n) is 5.44. The number of likely N-dealkylation sites (tertiary alicyclic amines) is 1. The molecule has 7 heteroatoms. The minimum atomic E-state index is -0.291. The van der Waals surface area contributed by atoms with Crippen LogP contribution < -0.4 is 5.32 Å². The maximum atomic E-state index is 12.6. The van der Waals surface area contributed by atoms with E-state index in [4.69, 9.17) is 0 Å². The van der Waals surface area contributed by atoms with E-state index >= 15 is 0 Å². The standard InChI is InChI=1S/C20H24N4O2S/c25-18-12-15(13-24(18)16-9-5-2-6-10-16)19(26)21-20-23-22-17(27-20)11-14-7-3-1-4-8-14/h1,3-4,7-8,15-16H,2,5-6,9-13H2,(H,21,23,26)/t15-/m0/s1. The van der Waals surface area contributed by atoms with Gasteiger partial charge in [-0.25, -0.2) is 0 Å². The molecule has 27 heavy (non-hydrogen) atoms. The van der Waals surface area contributed by atoms with Crippen LogP contribution in [0.25, 0.3) is 0 Å². The van der Waals surface area contributed by atoms with Gasteiger partial charge >= 0.3 is 0 Å². The fourth-order valence-electron chi connectivity index (χ4n) is 4.01. The molecule has 4 rings (SSSR count). The molecular weight excluding hydrogens is 360 g/mol. The summed E-state index contributed by atoms with van der Waals surface area (Å²) < 4.78 is 0. The molecule has 1 N–H and O–H groups in total. The second kappa shape index (κ2) is 8.17. The summed E-state index contributed by atoms with van der Waals surface area (Å²) in [4.78, 5) is 26.9. The lowest BCUT2D eigenvalue weighted by Gasteiger charge is -2.31. The van der Waals surface area contributed by atoms with Crippen LogP contribution in [0, 0.1) is 5.92 Å². The van der Waals surface area contributed by atoms with E-state index < -0.39 is 0 Å². The van der Waals surface area contributed by atoms with E-state index in [0.29, 0.717) is 30.6 Å². The first-order valence-electron chi connectivity index (χ1n) is 9.65. The second-order valence-corrected chi connectivity index (χ2v) is 8.45. The molecule has 0 bridgehead atoms. The summed E-state index contributed by atoms with van der Waals surface area (Å²) in [6, 6.07) is 10.4. The van der Waals surface area contributed by atoms with Crippen LogP contribution in [0.2, 0.25) is 0 Å². The molecule has 0 unspecified atom stereocenters. The molecule has 1 saturated heterocycles. The van der Waals surface area contributed by atoms with Crippen molar-refractivity contribution in [1.29, 1.82) is 0 Å². The number of anilines is 1. The number of hydrogen-bond donors (Lipinski definition) is 1. The summed E-state index contributed by atoms with van der Waals surface area (Å²) >= 11 is 1.39. The Morgan fingerprint density at radius 1 is 1.15 bits per heavy atom. The van der Waals surface area contributed by atoms with Gasteiger partial charge in [-0.3, -0.25) is 9.59 Å². The van der Waals surface area contributed by atoms with E-state index in [-0.39, 0.29) is 17.7 Å². The lowest BCUT2D eigenvalue weighted by Crippen LogP contribution is -2.38. The Bertz CT molecular complexity index is 801. The third-order valence-corrected chi connectivity index (χ3v) is 6.28. The van der Waals surface area contributed by atoms with Gasteiger partial charge in [-0.2, -0.15) is 0 Å². The number of hydrogen-bond acceptors (Lipinski definition) is 5. The zero-order valence-electron chi connectivity index (χ0n) is 15.3. The summed E-state index contributed by atoms with van der Waals surface area (Å²) in [5.74, 6) is -0.297. The molecule has 1 aliphatic carbocycles. The van der Waals surface area contributed by atoms with Crippen LogP contribution >= 0.6 is 11.3 Å². The maximum Gasteiger partial charge on any atom is 0.231 e. The molecule has 6 nitrogen and oxygen atoms in total. The molecular formula is C20H24N4O2S. The van der Waals surface area contributed by atoms with Crippen LogP contribution in [0.15, 0.2) is 30.3 Å². The predicted octanol–water partition coefficient (Wildman–Crippen LogP) is 3.25. The van der Waals surface area contributed by atoms with Crippen molar-refractivity contribution in [3.63, 3.8) is 0 Å². The summed E-state index contributed by atoms with van der Waals surface area (Å²) in [7, 11) is 0. The smallest absolute Gasteiger partial charge is 0.231 e. The zero-order chi connectivity index (χ0) is 18.6. The lowest BCUT2D eigenvalue weighted by molar-refractivity contribution is -0.130. The first kappa shape index (κ1) is 18.1. The number of carbonyl (C=O) groups excluding carboxylic acids is 2. The number of rotatable bonds is 5. The predicted molar refractivity (Wildman–Crippen MR) is 104 cm³/mol. The molecule has 2 aliphatic rings. The Morgan fingerprint density at radius 2 is 1.93 bits per heavy atom. The molecule has 1 atom stereocenters. The molecule has 0 radical (unpaired) electrons. The minimum Gasteiger partial charge on any atom is -0.339 e. The summed E-state index contributed by atoms with van der Waals surface area (Å²) in [5, 5.41) is 12.5. The van der Waals surface area contributed by atoms with E-state index in [9.17, 15) is 9.59 Å². The number of amides is 2. The average molecular weight is 385 g/mol. The van der Waals surface area contributed by atoms with Crippen molar-refractivity contribution in [3.8, 4) is 0 Å². The van der Waals surface area contributed by atoms with E-state index in [2.05, 4.69) is 15.5 Å². The van der Waals surface area contributed by atoms with Gasteiger partial charge in [0, 0.05) is 25.4 Å². The van der Waals surface area contributed by atoms with Gasteiger partial charge in [-0.15, -0.1) is 10.2 Å². The molecule has 2 fully saturated rings. The van der Waals surface area contributed by atoms with Gasteiger partial charge in [0.05, 0.1) is 5.92 Å². The first-order valence-corrected chi connectivity index (χ1v) is 10.5. The zero-order valence-corrected chi connectivity index (χ0v) is 16.1. The van der Waals surface area contributed by atoms with Crippen LogP contribution in [-0.4, -0.2) is 39.5 Å². The number of carbonyl (C=O) groups is 2. The van der Waals surface area contributed by atoms with Crippen molar-refractivity contribution in [1.82, 2.24) is 15.1 Å². The Kier molecular flexibility index (Phi) is 5.48. The Labute approximate surface area is 163 Å². The van der Waals surface area contributed by atoms with Crippen molar-refractivity contribution in [2.24, 2.45) is 5.92 Å². The highest BCUT2D eigenvalue weighted by Gasteiger charge is 2.38. The SMILES string of the molecule is O=C(Nc1nnc(Cc2ccccc2)s1)[C@H]1CC(=O)N(C2CCCCC2)C1. The molecule has 1 aromatic carbocycles. The van der Waals surface area contributed by atoms with Crippen molar-refractivity contribution >= 4 is 28.3 Å². The fourth-order valence-corrected chi connectivity index (χ4v) is 4.78. The van der Waals surface area contributed by atoms with Crippen LogP contribution in [0.4, 0.5) is 5.13 Å². The van der Waals surface area contributed by atoms with Crippen molar-refractivity contribution in [2.45, 2.75) is 51.0 Å². The number of aromatic nitrogens is 2. The van der Waals surface area contributed by atoms with E-state index in [1.807, 2.05) is 35.2 Å². The highest BCUT2D eigenvalue weighted by atomic mass is 32.1. The van der Waals surface area contributed by atoms with Crippen molar-refractivity contribution < 1.29 is 9.59 Å². The molecule has 2 amide bonds. The number of nitrogens with one attached hydrogen (secondary N) is 1. The monoisotopic (exact) mass is 384 g/mol. The molecule has 2 aromatic rings. The number of benzene rings is 1. The second-order valence-electron chi connectivity index (χ2n) is 7.39. The molecule has 2 heterocycles. The third kappa shape index (κ3) is 4.35. The lowest BCUT2D eigenvalue weighted by atomic mass is 9.94. The first-order chi connectivity index (χ1) is 13.2. The van der Waals surface area contributed by atoms with Crippen LogP contribution in [0.5, 0.6) is 0 Å². The van der Waals surface area contributed by atoms with Gasteiger partial charge < -0.3 is 10.2 Å². The maximum absolute atomic E-state index is 12.6. The molecule has 0 spiro atoms. The van der Waals surface area contributed by atoms with E-state index in [1.54, 1.807) is 0 Å². The van der Waals surface area contributed by atoms with Gasteiger partial charge in [0.1, 0.15) is 5.01 Å².